The number of esters is 1. The van der Waals surface area contributed by atoms with Crippen LogP contribution in [0, 0.1) is 0 Å². The van der Waals surface area contributed by atoms with Crippen molar-refractivity contribution in [3.05, 3.63) is 23.3 Å². The van der Waals surface area contributed by atoms with Gasteiger partial charge in [-0.15, -0.1) is 0 Å². The average molecular weight is 274 g/mol. The first-order valence-electron chi connectivity index (χ1n) is 4.24. The van der Waals surface area contributed by atoms with Gasteiger partial charge in [-0.25, -0.2) is 4.79 Å². The van der Waals surface area contributed by atoms with Gasteiger partial charge >= 0.3 is 5.97 Å². The molecule has 0 unspecified atom stereocenters. The molecule has 0 spiro atoms. The van der Waals surface area contributed by atoms with Crippen molar-refractivity contribution >= 4 is 27.6 Å². The maximum Gasteiger partial charge on any atom is 0.338 e. The molecule has 0 aliphatic rings. The molecule has 0 heterocycles. The molecule has 1 rings (SSSR count). The van der Waals surface area contributed by atoms with E-state index in [-0.39, 0.29) is 0 Å². The Hall–Kier alpha value is -1.23. The molecule has 0 atom stereocenters. The predicted molar refractivity (Wildman–Crippen MR) is 61.4 cm³/mol. The minimum atomic E-state index is -0.400. The van der Waals surface area contributed by atoms with E-state index in [1.54, 1.807) is 12.1 Å². The Morgan fingerprint density at radius 1 is 1.47 bits per heavy atom. The number of benzene rings is 1. The summed E-state index contributed by atoms with van der Waals surface area (Å²) in [5.41, 5.74) is 7.46. The van der Waals surface area contributed by atoms with E-state index in [2.05, 4.69) is 20.7 Å². The van der Waals surface area contributed by atoms with Gasteiger partial charge < -0.3 is 15.2 Å². The van der Waals surface area contributed by atoms with Crippen molar-refractivity contribution < 1.29 is 14.3 Å². The van der Waals surface area contributed by atoms with Gasteiger partial charge in [0.15, 0.2) is 0 Å². The SMILES string of the molecule is COC(=O)c1cc(OC)c(N)cc1CBr. The summed E-state index contributed by atoms with van der Waals surface area (Å²) in [5.74, 6) is 0.0721. The van der Waals surface area contributed by atoms with Gasteiger partial charge in [-0.05, 0) is 17.7 Å². The lowest BCUT2D eigenvalue weighted by molar-refractivity contribution is 0.0599. The van der Waals surface area contributed by atoms with E-state index in [9.17, 15) is 4.79 Å². The second kappa shape index (κ2) is 5.02. The molecular formula is C10H12BrNO3. The molecule has 0 bridgehead atoms. The maximum absolute atomic E-state index is 11.4. The predicted octanol–water partition coefficient (Wildman–Crippen LogP) is 1.96. The van der Waals surface area contributed by atoms with Crippen LogP contribution >= 0.6 is 15.9 Å². The first-order chi connectivity index (χ1) is 7.13. The van der Waals surface area contributed by atoms with Gasteiger partial charge in [-0.3, -0.25) is 0 Å². The fourth-order valence-electron chi connectivity index (χ4n) is 1.23. The standard InChI is InChI=1S/C10H12BrNO3/c1-14-9-4-7(10(13)15-2)6(5-11)3-8(9)12/h3-4H,5,12H2,1-2H3. The summed E-state index contributed by atoms with van der Waals surface area (Å²) in [5, 5.41) is 0.533. The van der Waals surface area contributed by atoms with Crippen LogP contribution in [0.1, 0.15) is 15.9 Å². The largest absolute Gasteiger partial charge is 0.495 e. The molecule has 1 aromatic carbocycles. The van der Waals surface area contributed by atoms with E-state index in [0.29, 0.717) is 22.3 Å². The fraction of sp³-hybridized carbons (Fsp3) is 0.300. The molecular weight excluding hydrogens is 262 g/mol. The molecule has 2 N–H and O–H groups in total. The number of halogens is 1. The lowest BCUT2D eigenvalue weighted by atomic mass is 10.1. The van der Waals surface area contributed by atoms with E-state index < -0.39 is 5.97 Å². The minimum absolute atomic E-state index is 0.400. The zero-order valence-electron chi connectivity index (χ0n) is 8.54. The summed E-state index contributed by atoms with van der Waals surface area (Å²) in [6, 6.07) is 3.28. The third kappa shape index (κ3) is 2.41. The molecule has 0 radical (unpaired) electrons. The molecule has 5 heteroatoms. The van der Waals surface area contributed by atoms with E-state index in [1.165, 1.54) is 14.2 Å². The number of nitrogen functional groups attached to an aromatic ring is 1. The van der Waals surface area contributed by atoms with Gasteiger partial charge in [0, 0.05) is 5.33 Å². The smallest absolute Gasteiger partial charge is 0.338 e. The van der Waals surface area contributed by atoms with Crippen LogP contribution < -0.4 is 10.5 Å². The normalized spacial score (nSPS) is 9.80. The highest BCUT2D eigenvalue weighted by atomic mass is 79.9. The number of rotatable bonds is 3. The molecule has 0 aliphatic heterocycles. The van der Waals surface area contributed by atoms with Crippen molar-refractivity contribution in [2.45, 2.75) is 5.33 Å². The van der Waals surface area contributed by atoms with Crippen LogP contribution in [0.25, 0.3) is 0 Å². The zero-order valence-corrected chi connectivity index (χ0v) is 10.1. The van der Waals surface area contributed by atoms with Crippen LogP contribution in [0.3, 0.4) is 0 Å². The first kappa shape index (κ1) is 11.8. The average Bonchev–Trinajstić information content (AvgIpc) is 2.27. The van der Waals surface area contributed by atoms with Crippen LogP contribution in [0.5, 0.6) is 5.75 Å². The summed E-state index contributed by atoms with van der Waals surface area (Å²) < 4.78 is 9.69. The first-order valence-corrected chi connectivity index (χ1v) is 5.36. The Kier molecular flexibility index (Phi) is 3.96. The van der Waals surface area contributed by atoms with Crippen molar-refractivity contribution in [2.24, 2.45) is 0 Å². The highest BCUT2D eigenvalue weighted by Crippen LogP contribution is 2.27. The number of hydrogen-bond acceptors (Lipinski definition) is 4. The van der Waals surface area contributed by atoms with Crippen LogP contribution in [-0.4, -0.2) is 20.2 Å². The summed E-state index contributed by atoms with van der Waals surface area (Å²) in [7, 11) is 2.84. The van der Waals surface area contributed by atoms with Gasteiger partial charge in [-0.1, -0.05) is 15.9 Å². The second-order valence-electron chi connectivity index (χ2n) is 2.88. The van der Waals surface area contributed by atoms with Crippen molar-refractivity contribution in [1.82, 2.24) is 0 Å². The third-order valence-electron chi connectivity index (χ3n) is 2.00. The van der Waals surface area contributed by atoms with Crippen molar-refractivity contribution in [1.29, 1.82) is 0 Å². The topological polar surface area (TPSA) is 61.5 Å². The fourth-order valence-corrected chi connectivity index (χ4v) is 1.69. The van der Waals surface area contributed by atoms with E-state index in [1.807, 2.05) is 0 Å². The van der Waals surface area contributed by atoms with Gasteiger partial charge in [-0.2, -0.15) is 0 Å². The Balaban J connectivity index is 3.28. The number of carbonyl (C=O) groups excluding carboxylic acids is 1. The highest BCUT2D eigenvalue weighted by molar-refractivity contribution is 9.08. The number of anilines is 1. The number of methoxy groups -OCH3 is 2. The Morgan fingerprint density at radius 3 is 2.60 bits per heavy atom. The molecule has 15 heavy (non-hydrogen) atoms. The van der Waals surface area contributed by atoms with E-state index in [0.717, 1.165) is 5.56 Å². The van der Waals surface area contributed by atoms with E-state index >= 15 is 0 Å². The minimum Gasteiger partial charge on any atom is -0.495 e. The molecule has 0 amide bonds. The summed E-state index contributed by atoms with van der Waals surface area (Å²) >= 11 is 3.28. The molecule has 82 valence electrons. The van der Waals surface area contributed by atoms with Crippen LogP contribution in [0.2, 0.25) is 0 Å². The van der Waals surface area contributed by atoms with Gasteiger partial charge in [0.1, 0.15) is 5.75 Å². The molecule has 4 nitrogen and oxygen atoms in total. The van der Waals surface area contributed by atoms with Crippen LogP contribution in [-0.2, 0) is 10.1 Å². The Morgan fingerprint density at radius 2 is 2.13 bits per heavy atom. The van der Waals surface area contributed by atoms with Gasteiger partial charge in [0.2, 0.25) is 0 Å². The lowest BCUT2D eigenvalue weighted by Gasteiger charge is -2.10. The van der Waals surface area contributed by atoms with Crippen molar-refractivity contribution in [2.75, 3.05) is 20.0 Å². The molecule has 1 aromatic rings. The van der Waals surface area contributed by atoms with Crippen molar-refractivity contribution in [3.63, 3.8) is 0 Å². The Bertz CT molecular complexity index is 379. The number of alkyl halides is 1. The number of hydrogen-bond donors (Lipinski definition) is 1. The molecule has 0 saturated carbocycles. The maximum atomic E-state index is 11.4. The number of nitrogens with two attached hydrogens (primary N) is 1. The van der Waals surface area contributed by atoms with Crippen molar-refractivity contribution in [3.8, 4) is 5.75 Å². The van der Waals surface area contributed by atoms with Gasteiger partial charge in [0.05, 0.1) is 25.5 Å². The zero-order chi connectivity index (χ0) is 11.4. The summed E-state index contributed by atoms with van der Waals surface area (Å²) in [6.45, 7) is 0. The molecule has 0 saturated heterocycles. The third-order valence-corrected chi connectivity index (χ3v) is 2.61. The Labute approximate surface area is 96.5 Å². The monoisotopic (exact) mass is 273 g/mol. The van der Waals surface area contributed by atoms with Crippen LogP contribution in [0.15, 0.2) is 12.1 Å². The summed E-state index contributed by atoms with van der Waals surface area (Å²) in [6.07, 6.45) is 0. The number of carbonyl (C=O) groups is 1. The molecule has 0 aromatic heterocycles. The van der Waals surface area contributed by atoms with E-state index in [4.69, 9.17) is 10.5 Å². The highest BCUT2D eigenvalue weighted by Gasteiger charge is 2.14. The molecule has 0 fully saturated rings. The quantitative estimate of drug-likeness (QED) is 0.520. The number of ether oxygens (including phenoxy) is 2. The molecule has 0 aliphatic carbocycles. The summed E-state index contributed by atoms with van der Waals surface area (Å²) in [4.78, 5) is 11.4. The second-order valence-corrected chi connectivity index (χ2v) is 3.44. The van der Waals surface area contributed by atoms with Crippen LogP contribution in [0.4, 0.5) is 5.69 Å². The lowest BCUT2D eigenvalue weighted by Crippen LogP contribution is -2.06. The van der Waals surface area contributed by atoms with Gasteiger partial charge in [0.25, 0.3) is 0 Å².